The lowest BCUT2D eigenvalue weighted by Gasteiger charge is -1.95. The molecule has 0 bridgehead atoms. The molecular formula is C16H16N5O2S+. The lowest BCUT2D eigenvalue weighted by Crippen LogP contribution is -2.03. The van der Waals surface area contributed by atoms with Gasteiger partial charge in [-0.15, -0.1) is 4.99 Å². The number of carbonyl (C=O) groups is 1. The third-order valence-electron chi connectivity index (χ3n) is 3.33. The van der Waals surface area contributed by atoms with Gasteiger partial charge in [-0.1, -0.05) is 6.07 Å². The minimum absolute atomic E-state index is 0.294. The maximum absolute atomic E-state index is 11.8. The zero-order chi connectivity index (χ0) is 17.1. The van der Waals surface area contributed by atoms with Crippen LogP contribution in [0.2, 0.25) is 0 Å². The van der Waals surface area contributed by atoms with Gasteiger partial charge in [0.25, 0.3) is 10.8 Å². The van der Waals surface area contributed by atoms with Gasteiger partial charge in [0.2, 0.25) is 0 Å². The van der Waals surface area contributed by atoms with E-state index in [1.807, 2.05) is 19.9 Å². The van der Waals surface area contributed by atoms with Crippen molar-refractivity contribution in [1.29, 1.82) is 0 Å². The van der Waals surface area contributed by atoms with Crippen molar-refractivity contribution in [2.45, 2.75) is 19.6 Å². The number of hydrogen-bond acceptors (Lipinski definition) is 5. The summed E-state index contributed by atoms with van der Waals surface area (Å²) in [6.45, 7) is 3.79. The zero-order valence-corrected chi connectivity index (χ0v) is 14.0. The van der Waals surface area contributed by atoms with E-state index in [2.05, 4.69) is 24.9 Å². The summed E-state index contributed by atoms with van der Waals surface area (Å²) in [6, 6.07) is 7.16. The Labute approximate surface area is 140 Å². The highest BCUT2D eigenvalue weighted by molar-refractivity contribution is 7.30. The summed E-state index contributed by atoms with van der Waals surface area (Å²) in [6.07, 6.45) is 3.26. The topological polar surface area (TPSA) is 104 Å². The van der Waals surface area contributed by atoms with Crippen molar-refractivity contribution >= 4 is 22.4 Å². The molecular weight excluding hydrogens is 326 g/mol. The van der Waals surface area contributed by atoms with Crippen LogP contribution < -0.4 is 4.80 Å². The number of H-pyrrole nitrogens is 1. The second kappa shape index (κ2) is 6.71. The first-order chi connectivity index (χ1) is 11.6. The molecule has 0 radical (unpaired) electrons. The molecule has 3 heterocycles. The average molecular weight is 342 g/mol. The molecule has 1 unspecified atom stereocenters. The lowest BCUT2D eigenvalue weighted by molar-refractivity contribution is 0.0702. The molecule has 0 aromatic carbocycles. The summed E-state index contributed by atoms with van der Waals surface area (Å²) in [5, 5.41) is 9.67. The molecule has 0 aliphatic rings. The molecule has 3 aromatic heterocycles. The van der Waals surface area contributed by atoms with Crippen molar-refractivity contribution in [3.05, 3.63) is 52.0 Å². The number of nitrogens with zero attached hydrogens (tertiary/aromatic N) is 4. The highest BCUT2D eigenvalue weighted by Gasteiger charge is 2.30. The van der Waals surface area contributed by atoms with Crippen molar-refractivity contribution in [1.82, 2.24) is 19.9 Å². The van der Waals surface area contributed by atoms with Gasteiger partial charge in [0.15, 0.2) is 0 Å². The fraction of sp³-hybridized carbons (Fsp3) is 0.188. The van der Waals surface area contributed by atoms with E-state index in [0.717, 1.165) is 5.69 Å². The lowest BCUT2D eigenvalue weighted by atomic mass is 10.2. The van der Waals surface area contributed by atoms with Crippen LogP contribution in [0.4, 0.5) is 5.95 Å². The molecule has 0 spiro atoms. The third kappa shape index (κ3) is 3.09. The molecule has 0 saturated heterocycles. The predicted octanol–water partition coefficient (Wildman–Crippen LogP) is 2.87. The maximum atomic E-state index is 11.8. The van der Waals surface area contributed by atoms with Crippen LogP contribution in [0.15, 0.2) is 41.7 Å². The molecule has 3 rings (SSSR count). The quantitative estimate of drug-likeness (QED) is 0.709. The summed E-state index contributed by atoms with van der Waals surface area (Å²) in [5.41, 5.74) is 1.87. The van der Waals surface area contributed by atoms with Gasteiger partial charge in [0.05, 0.1) is 5.69 Å². The molecule has 3 aromatic rings. The number of hydrogen-bond donors (Lipinski definition) is 2. The number of nitrogens with one attached hydrogen (secondary N) is 1. The summed E-state index contributed by atoms with van der Waals surface area (Å²) < 4.78 is 0. The van der Waals surface area contributed by atoms with E-state index in [1.54, 1.807) is 30.6 Å². The van der Waals surface area contributed by atoms with Crippen molar-refractivity contribution in [2.24, 2.45) is 4.99 Å². The van der Waals surface area contributed by atoms with Crippen molar-refractivity contribution in [2.75, 3.05) is 0 Å². The number of carboxylic acids is 1. The van der Waals surface area contributed by atoms with Gasteiger partial charge in [-0.05, 0) is 32.0 Å². The van der Waals surface area contributed by atoms with E-state index in [-0.39, 0.29) is 0 Å². The van der Waals surface area contributed by atoms with Gasteiger partial charge in [0.1, 0.15) is 11.4 Å². The van der Waals surface area contributed by atoms with Crippen LogP contribution in [-0.4, -0.2) is 31.0 Å². The first-order valence-corrected chi connectivity index (χ1v) is 8.74. The maximum Gasteiger partial charge on any atom is 0.391 e. The number of aryl methyl sites for hydroxylation is 1. The SMILES string of the molecule is CC[s+]1c(C(=O)O)c(-c2ccccn2)[nH]c1=Nc1nccc(C)n1. The Morgan fingerprint density at radius 3 is 2.75 bits per heavy atom. The summed E-state index contributed by atoms with van der Waals surface area (Å²) in [7, 11) is -0.679. The number of thiazole rings is 1. The van der Waals surface area contributed by atoms with E-state index in [4.69, 9.17) is 0 Å². The number of aromatic carboxylic acids is 1. The number of rotatable bonds is 4. The van der Waals surface area contributed by atoms with Crippen LogP contribution in [0.1, 0.15) is 22.3 Å². The Morgan fingerprint density at radius 2 is 2.12 bits per heavy atom. The first kappa shape index (κ1) is 16.0. The minimum Gasteiger partial charge on any atom is -0.474 e. The molecule has 8 heteroatoms. The highest BCUT2D eigenvalue weighted by atomic mass is 32.2. The van der Waals surface area contributed by atoms with E-state index in [1.165, 1.54) is 0 Å². The molecule has 0 aliphatic carbocycles. The Kier molecular flexibility index (Phi) is 4.48. The van der Waals surface area contributed by atoms with Crippen LogP contribution in [0.25, 0.3) is 11.4 Å². The van der Waals surface area contributed by atoms with Crippen LogP contribution in [0, 0.1) is 6.92 Å². The van der Waals surface area contributed by atoms with Crippen LogP contribution in [0.5, 0.6) is 0 Å². The molecule has 0 saturated carbocycles. The second-order valence-electron chi connectivity index (χ2n) is 4.94. The fourth-order valence-corrected chi connectivity index (χ4v) is 4.08. The Balaban J connectivity index is 2.26. The fourth-order valence-electron chi connectivity index (χ4n) is 2.29. The van der Waals surface area contributed by atoms with Gasteiger partial charge >= 0.3 is 10.8 Å². The number of pyridine rings is 1. The number of aromatic nitrogens is 4. The van der Waals surface area contributed by atoms with Gasteiger partial charge in [-0.3, -0.25) is 9.97 Å². The molecule has 2 N–H and O–H groups in total. The molecule has 122 valence electrons. The third-order valence-corrected chi connectivity index (χ3v) is 5.44. The van der Waals surface area contributed by atoms with Crippen LogP contribution in [-0.2, 0) is 5.75 Å². The number of carboxylic acid groups (broad SMARTS) is 1. The van der Waals surface area contributed by atoms with Crippen molar-refractivity contribution in [3.8, 4) is 11.4 Å². The summed E-state index contributed by atoms with van der Waals surface area (Å²) >= 11 is 0. The predicted molar refractivity (Wildman–Crippen MR) is 91.1 cm³/mol. The van der Waals surface area contributed by atoms with Crippen molar-refractivity contribution in [3.63, 3.8) is 0 Å². The Hall–Kier alpha value is -2.87. The largest absolute Gasteiger partial charge is 0.474 e. The second-order valence-corrected chi connectivity index (χ2v) is 7.10. The first-order valence-electron chi connectivity index (χ1n) is 7.35. The van der Waals surface area contributed by atoms with Crippen LogP contribution >= 0.6 is 10.5 Å². The summed E-state index contributed by atoms with van der Waals surface area (Å²) in [5.74, 6) is -0.0329. The van der Waals surface area contributed by atoms with E-state index in [9.17, 15) is 9.90 Å². The highest BCUT2D eigenvalue weighted by Crippen LogP contribution is 2.29. The van der Waals surface area contributed by atoms with Crippen molar-refractivity contribution < 1.29 is 9.90 Å². The van der Waals surface area contributed by atoms with Gasteiger partial charge in [-0.25, -0.2) is 14.8 Å². The Morgan fingerprint density at radius 1 is 1.29 bits per heavy atom. The summed E-state index contributed by atoms with van der Waals surface area (Å²) in [4.78, 5) is 32.9. The Bertz CT molecular complexity index is 947. The van der Waals surface area contributed by atoms with E-state index >= 15 is 0 Å². The zero-order valence-electron chi connectivity index (χ0n) is 13.2. The van der Waals surface area contributed by atoms with Gasteiger partial charge < -0.3 is 5.11 Å². The minimum atomic E-state index is -0.969. The molecule has 0 amide bonds. The van der Waals surface area contributed by atoms with E-state index in [0.29, 0.717) is 32.8 Å². The standard InChI is InChI=1S/C16H15N5O2S/c1-3-24-13(14(22)23)12(11-6-4-5-8-17-11)20-16(24)21-15-18-9-7-10(2)19-15/h4-9H,3H2,1-2H3,(H-,18,19,20,21,22,23)/p+1. The smallest absolute Gasteiger partial charge is 0.391 e. The molecule has 1 atom stereocenters. The van der Waals surface area contributed by atoms with Gasteiger partial charge in [-0.2, -0.15) is 0 Å². The monoisotopic (exact) mass is 342 g/mol. The van der Waals surface area contributed by atoms with Crippen LogP contribution in [0.3, 0.4) is 0 Å². The normalized spacial score (nSPS) is 12.4. The molecule has 0 fully saturated rings. The number of aromatic amines is 1. The van der Waals surface area contributed by atoms with Gasteiger partial charge in [0, 0.05) is 28.6 Å². The average Bonchev–Trinajstić information content (AvgIpc) is 2.94. The molecule has 0 aliphatic heterocycles. The molecule has 7 nitrogen and oxygen atoms in total. The van der Waals surface area contributed by atoms with E-state index < -0.39 is 16.4 Å². The molecule has 24 heavy (non-hydrogen) atoms.